The lowest BCUT2D eigenvalue weighted by Crippen LogP contribution is -2.12. The fraction of sp³-hybridized carbons (Fsp3) is 0.0769. The number of ether oxygens (including phenoxy) is 1. The van der Waals surface area contributed by atoms with Gasteiger partial charge in [0.25, 0.3) is 5.91 Å². The number of halogens is 3. The Morgan fingerprint density at radius 3 is 2.65 bits per heavy atom. The Hall–Kier alpha value is -2.57. The number of benzene rings is 1. The minimum absolute atomic E-state index is 0.00934. The zero-order chi connectivity index (χ0) is 14.8. The SMILES string of the molecule is NC(=O)c1cnccc1Oc1cccc(C(F)(F)F)c1. The van der Waals surface area contributed by atoms with Crippen LogP contribution in [-0.2, 0) is 6.18 Å². The molecule has 0 atom stereocenters. The highest BCUT2D eigenvalue weighted by Crippen LogP contribution is 2.33. The van der Waals surface area contributed by atoms with Crippen LogP contribution in [0.25, 0.3) is 0 Å². The monoisotopic (exact) mass is 282 g/mol. The molecular weight excluding hydrogens is 273 g/mol. The van der Waals surface area contributed by atoms with Crippen LogP contribution in [0, 0.1) is 0 Å². The fourth-order valence-electron chi connectivity index (χ4n) is 1.52. The zero-order valence-corrected chi connectivity index (χ0v) is 10.0. The molecule has 0 radical (unpaired) electrons. The first-order chi connectivity index (χ1) is 9.38. The largest absolute Gasteiger partial charge is 0.456 e. The molecule has 7 heteroatoms. The molecule has 1 aromatic heterocycles. The lowest BCUT2D eigenvalue weighted by molar-refractivity contribution is -0.137. The summed E-state index contributed by atoms with van der Waals surface area (Å²) < 4.78 is 43.0. The Morgan fingerprint density at radius 2 is 2.00 bits per heavy atom. The molecule has 104 valence electrons. The lowest BCUT2D eigenvalue weighted by Gasteiger charge is -2.11. The number of hydrogen-bond donors (Lipinski definition) is 1. The summed E-state index contributed by atoms with van der Waals surface area (Å²) >= 11 is 0. The summed E-state index contributed by atoms with van der Waals surface area (Å²) in [5.74, 6) is -0.777. The molecule has 0 aliphatic heterocycles. The van der Waals surface area contributed by atoms with Crippen LogP contribution < -0.4 is 10.5 Å². The molecule has 4 nitrogen and oxygen atoms in total. The Morgan fingerprint density at radius 1 is 1.25 bits per heavy atom. The van der Waals surface area contributed by atoms with Gasteiger partial charge >= 0.3 is 6.18 Å². The van der Waals surface area contributed by atoms with Gasteiger partial charge in [-0.2, -0.15) is 13.2 Å². The van der Waals surface area contributed by atoms with Crippen molar-refractivity contribution in [2.24, 2.45) is 5.73 Å². The second-order valence-corrected chi connectivity index (χ2v) is 3.86. The molecule has 0 bridgehead atoms. The number of carbonyl (C=O) groups excluding carboxylic acids is 1. The Labute approximate surface area is 112 Å². The van der Waals surface area contributed by atoms with Crippen LogP contribution in [-0.4, -0.2) is 10.9 Å². The summed E-state index contributed by atoms with van der Waals surface area (Å²) in [4.78, 5) is 14.9. The van der Waals surface area contributed by atoms with Gasteiger partial charge in [0.15, 0.2) is 0 Å². The van der Waals surface area contributed by atoms with Gasteiger partial charge in [-0.05, 0) is 24.3 Å². The van der Waals surface area contributed by atoms with Crippen molar-refractivity contribution in [1.29, 1.82) is 0 Å². The van der Waals surface area contributed by atoms with Crippen molar-refractivity contribution in [3.63, 3.8) is 0 Å². The number of carbonyl (C=O) groups is 1. The van der Waals surface area contributed by atoms with Crippen molar-refractivity contribution >= 4 is 5.91 Å². The van der Waals surface area contributed by atoms with E-state index in [2.05, 4.69) is 4.98 Å². The number of nitrogens with zero attached hydrogens (tertiary/aromatic N) is 1. The number of aromatic nitrogens is 1. The van der Waals surface area contributed by atoms with E-state index in [0.717, 1.165) is 12.1 Å². The highest BCUT2D eigenvalue weighted by Gasteiger charge is 2.30. The minimum Gasteiger partial charge on any atom is -0.456 e. The highest BCUT2D eigenvalue weighted by atomic mass is 19.4. The zero-order valence-electron chi connectivity index (χ0n) is 10.0. The first-order valence-electron chi connectivity index (χ1n) is 5.47. The van der Waals surface area contributed by atoms with Crippen molar-refractivity contribution in [3.8, 4) is 11.5 Å². The van der Waals surface area contributed by atoms with Crippen LogP contribution in [0.1, 0.15) is 15.9 Å². The molecule has 1 aromatic carbocycles. The predicted molar refractivity (Wildman–Crippen MR) is 64.3 cm³/mol. The molecule has 0 saturated heterocycles. The van der Waals surface area contributed by atoms with E-state index in [0.29, 0.717) is 0 Å². The van der Waals surface area contributed by atoms with Crippen LogP contribution in [0.2, 0.25) is 0 Å². The fourth-order valence-corrected chi connectivity index (χ4v) is 1.52. The third-order valence-corrected chi connectivity index (χ3v) is 2.44. The van der Waals surface area contributed by atoms with Crippen LogP contribution in [0.15, 0.2) is 42.7 Å². The van der Waals surface area contributed by atoms with Gasteiger partial charge in [0.2, 0.25) is 0 Å². The quantitative estimate of drug-likeness (QED) is 0.941. The van der Waals surface area contributed by atoms with Crippen LogP contribution in [0.3, 0.4) is 0 Å². The number of amides is 1. The summed E-state index contributed by atoms with van der Waals surface area (Å²) in [7, 11) is 0. The summed E-state index contributed by atoms with van der Waals surface area (Å²) in [5, 5.41) is 0. The van der Waals surface area contributed by atoms with E-state index in [1.807, 2.05) is 0 Å². The molecule has 20 heavy (non-hydrogen) atoms. The lowest BCUT2D eigenvalue weighted by atomic mass is 10.2. The standard InChI is InChI=1S/C13H9F3N2O2/c14-13(15,16)8-2-1-3-9(6-8)20-11-4-5-18-7-10(11)12(17)19/h1-7H,(H2,17,19). The van der Waals surface area contributed by atoms with E-state index in [-0.39, 0.29) is 17.1 Å². The van der Waals surface area contributed by atoms with E-state index in [4.69, 9.17) is 10.5 Å². The third-order valence-electron chi connectivity index (χ3n) is 2.44. The molecule has 0 saturated carbocycles. The van der Waals surface area contributed by atoms with E-state index in [1.54, 1.807) is 0 Å². The average Bonchev–Trinajstić information content (AvgIpc) is 2.38. The van der Waals surface area contributed by atoms with E-state index < -0.39 is 17.6 Å². The van der Waals surface area contributed by atoms with Crippen molar-refractivity contribution in [2.45, 2.75) is 6.18 Å². The van der Waals surface area contributed by atoms with Gasteiger partial charge in [-0.15, -0.1) is 0 Å². The van der Waals surface area contributed by atoms with Gasteiger partial charge in [-0.1, -0.05) is 6.07 Å². The van der Waals surface area contributed by atoms with E-state index >= 15 is 0 Å². The molecule has 0 aliphatic rings. The van der Waals surface area contributed by atoms with Crippen molar-refractivity contribution in [3.05, 3.63) is 53.9 Å². The van der Waals surface area contributed by atoms with Gasteiger partial charge in [-0.25, -0.2) is 0 Å². The van der Waals surface area contributed by atoms with Crippen LogP contribution in [0.5, 0.6) is 11.5 Å². The van der Waals surface area contributed by atoms with E-state index in [9.17, 15) is 18.0 Å². The smallest absolute Gasteiger partial charge is 0.416 e. The predicted octanol–water partition coefficient (Wildman–Crippen LogP) is 2.99. The van der Waals surface area contributed by atoms with Crippen molar-refractivity contribution < 1.29 is 22.7 Å². The van der Waals surface area contributed by atoms with Crippen molar-refractivity contribution in [2.75, 3.05) is 0 Å². The van der Waals surface area contributed by atoms with Gasteiger partial charge in [0, 0.05) is 12.4 Å². The number of pyridine rings is 1. The molecule has 0 unspecified atom stereocenters. The molecule has 2 aromatic rings. The molecule has 2 N–H and O–H groups in total. The summed E-state index contributed by atoms with van der Waals surface area (Å²) in [6, 6.07) is 5.67. The summed E-state index contributed by atoms with van der Waals surface area (Å²) in [5.41, 5.74) is 4.28. The molecule has 0 aliphatic carbocycles. The normalized spacial score (nSPS) is 11.2. The maximum Gasteiger partial charge on any atom is 0.416 e. The molecular formula is C13H9F3N2O2. The van der Waals surface area contributed by atoms with E-state index in [1.165, 1.54) is 30.6 Å². The topological polar surface area (TPSA) is 65.2 Å². The van der Waals surface area contributed by atoms with Gasteiger partial charge in [0.05, 0.1) is 5.56 Å². The number of alkyl halides is 3. The first-order valence-corrected chi connectivity index (χ1v) is 5.47. The Bertz CT molecular complexity index is 642. The molecule has 1 heterocycles. The van der Waals surface area contributed by atoms with Gasteiger partial charge < -0.3 is 10.5 Å². The molecule has 0 spiro atoms. The molecule has 1 amide bonds. The second kappa shape index (κ2) is 5.20. The number of hydrogen-bond acceptors (Lipinski definition) is 3. The third kappa shape index (κ3) is 3.05. The van der Waals surface area contributed by atoms with Gasteiger partial charge in [0.1, 0.15) is 17.1 Å². The second-order valence-electron chi connectivity index (χ2n) is 3.86. The number of nitrogens with two attached hydrogens (primary N) is 1. The van der Waals surface area contributed by atoms with Crippen LogP contribution in [0.4, 0.5) is 13.2 Å². The maximum atomic E-state index is 12.6. The first kappa shape index (κ1) is 13.9. The van der Waals surface area contributed by atoms with Crippen LogP contribution >= 0.6 is 0 Å². The molecule has 0 fully saturated rings. The van der Waals surface area contributed by atoms with Crippen molar-refractivity contribution in [1.82, 2.24) is 4.98 Å². The Balaban J connectivity index is 2.34. The Kier molecular flexibility index (Phi) is 3.60. The van der Waals surface area contributed by atoms with Gasteiger partial charge in [-0.3, -0.25) is 9.78 Å². The maximum absolute atomic E-state index is 12.6. The number of rotatable bonds is 3. The summed E-state index contributed by atoms with van der Waals surface area (Å²) in [6.45, 7) is 0. The minimum atomic E-state index is -4.47. The summed E-state index contributed by atoms with van der Waals surface area (Å²) in [6.07, 6.45) is -1.94. The molecule has 2 rings (SSSR count). The highest BCUT2D eigenvalue weighted by molar-refractivity contribution is 5.95. The average molecular weight is 282 g/mol. The number of primary amides is 1.